The Bertz CT molecular complexity index is 451. The van der Waals surface area contributed by atoms with Gasteiger partial charge < -0.3 is 5.32 Å². The molecule has 3 saturated heterocycles. The molecule has 4 atom stereocenters. The van der Waals surface area contributed by atoms with Crippen molar-refractivity contribution in [3.05, 3.63) is 30.1 Å². The maximum Gasteiger partial charge on any atom is 0.0541 e. The topological polar surface area (TPSA) is 28.2 Å². The molecule has 1 aromatic heterocycles. The van der Waals surface area contributed by atoms with E-state index in [1.54, 1.807) is 0 Å². The molecule has 4 heterocycles. The molecule has 1 unspecified atom stereocenters. The molecule has 1 N–H and O–H groups in total. The van der Waals surface area contributed by atoms with Gasteiger partial charge in [-0.1, -0.05) is 6.07 Å². The predicted octanol–water partition coefficient (Wildman–Crippen LogP) is 1.51. The van der Waals surface area contributed by atoms with Crippen molar-refractivity contribution in [2.75, 3.05) is 19.6 Å². The molecule has 0 saturated carbocycles. The van der Waals surface area contributed by atoms with Crippen LogP contribution in [-0.2, 0) is 6.54 Å². The smallest absolute Gasteiger partial charge is 0.0541 e. The third-order valence-electron chi connectivity index (χ3n) is 4.50. The maximum atomic E-state index is 5.61. The lowest BCUT2D eigenvalue weighted by molar-refractivity contribution is 0.0227. The van der Waals surface area contributed by atoms with Gasteiger partial charge >= 0.3 is 0 Å². The first-order valence-corrected chi connectivity index (χ1v) is 7.17. The zero-order chi connectivity index (χ0) is 13.1. The van der Waals surface area contributed by atoms with Crippen LogP contribution in [0.3, 0.4) is 0 Å². The summed E-state index contributed by atoms with van der Waals surface area (Å²) < 4.78 is 0. The fourth-order valence-corrected chi connectivity index (χ4v) is 3.41. The monoisotopic (exact) mass is 255 g/mol. The van der Waals surface area contributed by atoms with Gasteiger partial charge in [-0.3, -0.25) is 9.88 Å². The lowest BCUT2D eigenvalue weighted by Crippen LogP contribution is -2.55. The van der Waals surface area contributed by atoms with Crippen LogP contribution in [0.2, 0.25) is 0 Å². The van der Waals surface area contributed by atoms with Crippen molar-refractivity contribution in [3.8, 4) is 12.3 Å². The van der Waals surface area contributed by atoms with Crippen molar-refractivity contribution >= 4 is 0 Å². The number of nitrogens with one attached hydrogen (secondary N) is 1. The highest BCUT2D eigenvalue weighted by Gasteiger charge is 2.38. The first-order chi connectivity index (χ1) is 9.36. The van der Waals surface area contributed by atoms with E-state index in [1.165, 1.54) is 19.4 Å². The maximum absolute atomic E-state index is 5.61. The second-order valence-electron chi connectivity index (χ2n) is 5.66. The molecule has 2 bridgehead atoms. The summed E-state index contributed by atoms with van der Waals surface area (Å²) in [5.41, 5.74) is 1.11. The molecule has 3 aliphatic rings. The Kier molecular flexibility index (Phi) is 3.82. The molecule has 0 aromatic carbocycles. The van der Waals surface area contributed by atoms with Crippen LogP contribution in [0.4, 0.5) is 0 Å². The molecule has 3 fully saturated rings. The summed E-state index contributed by atoms with van der Waals surface area (Å²) in [7, 11) is 0. The molecule has 3 aliphatic heterocycles. The second-order valence-corrected chi connectivity index (χ2v) is 5.66. The molecule has 3 heteroatoms. The van der Waals surface area contributed by atoms with Gasteiger partial charge in [-0.2, -0.15) is 0 Å². The Hall–Kier alpha value is -1.37. The number of piperidine rings is 3. The molecule has 0 radical (unpaired) electrons. The molecule has 0 spiro atoms. The van der Waals surface area contributed by atoms with E-state index in [0.717, 1.165) is 31.2 Å². The van der Waals surface area contributed by atoms with Gasteiger partial charge in [0.15, 0.2) is 0 Å². The van der Waals surface area contributed by atoms with Gasteiger partial charge in [0, 0.05) is 37.8 Å². The van der Waals surface area contributed by atoms with E-state index in [0.29, 0.717) is 12.0 Å². The van der Waals surface area contributed by atoms with Crippen LogP contribution >= 0.6 is 0 Å². The van der Waals surface area contributed by atoms with Gasteiger partial charge in [-0.05, 0) is 37.4 Å². The summed E-state index contributed by atoms with van der Waals surface area (Å²) in [6, 6.07) is 6.71. The summed E-state index contributed by atoms with van der Waals surface area (Å²) in [6.07, 6.45) is 10.00. The average Bonchev–Trinajstić information content (AvgIpc) is 2.49. The lowest BCUT2D eigenvalue weighted by atomic mass is 9.76. The molecular formula is C16H21N3. The quantitative estimate of drug-likeness (QED) is 0.827. The van der Waals surface area contributed by atoms with Gasteiger partial charge in [-0.15, -0.1) is 12.3 Å². The zero-order valence-corrected chi connectivity index (χ0v) is 11.3. The molecule has 0 aliphatic carbocycles. The van der Waals surface area contributed by atoms with Crippen LogP contribution in [0, 0.1) is 24.2 Å². The Morgan fingerprint density at radius 2 is 2.42 bits per heavy atom. The van der Waals surface area contributed by atoms with E-state index < -0.39 is 0 Å². The van der Waals surface area contributed by atoms with E-state index in [9.17, 15) is 0 Å². The van der Waals surface area contributed by atoms with E-state index in [-0.39, 0.29) is 0 Å². The van der Waals surface area contributed by atoms with E-state index >= 15 is 0 Å². The predicted molar refractivity (Wildman–Crippen MR) is 76.4 cm³/mol. The molecule has 19 heavy (non-hydrogen) atoms. The molecule has 0 amide bonds. The number of rotatable bonds is 4. The Morgan fingerprint density at radius 3 is 3.11 bits per heavy atom. The highest BCUT2D eigenvalue weighted by molar-refractivity contribution is 5.06. The average molecular weight is 255 g/mol. The number of terminal acetylenes is 1. The minimum absolute atomic E-state index is 0.487. The van der Waals surface area contributed by atoms with Gasteiger partial charge in [0.25, 0.3) is 0 Å². The lowest BCUT2D eigenvalue weighted by Gasteiger charge is -2.48. The van der Waals surface area contributed by atoms with Crippen molar-refractivity contribution in [2.45, 2.75) is 25.4 Å². The number of fused-ring (bicyclic) bond motifs is 3. The third kappa shape index (κ3) is 2.80. The standard InChI is InChI=1S/C16H21N3/c1-2-13-12-19-8-6-14(13)9-16(19)11-17-10-15-5-3-4-7-18-15/h1,3-5,7,13-14,16-17H,6,8-12H2/t13-,14-,16+/m0/s1. The normalized spacial score (nSPS) is 33.0. The first-order valence-electron chi connectivity index (χ1n) is 7.17. The van der Waals surface area contributed by atoms with Crippen molar-refractivity contribution in [1.82, 2.24) is 15.2 Å². The van der Waals surface area contributed by atoms with Crippen molar-refractivity contribution < 1.29 is 0 Å². The van der Waals surface area contributed by atoms with Crippen molar-refractivity contribution in [3.63, 3.8) is 0 Å². The fraction of sp³-hybridized carbons (Fsp3) is 0.562. The van der Waals surface area contributed by atoms with Crippen LogP contribution in [0.25, 0.3) is 0 Å². The molecule has 100 valence electrons. The van der Waals surface area contributed by atoms with Crippen LogP contribution in [0.15, 0.2) is 24.4 Å². The highest BCUT2D eigenvalue weighted by Crippen LogP contribution is 2.35. The van der Waals surface area contributed by atoms with Crippen LogP contribution in [0.1, 0.15) is 18.5 Å². The Balaban J connectivity index is 1.49. The number of hydrogen-bond acceptors (Lipinski definition) is 3. The Morgan fingerprint density at radius 1 is 1.47 bits per heavy atom. The number of aromatic nitrogens is 1. The molecule has 4 rings (SSSR count). The van der Waals surface area contributed by atoms with Gasteiger partial charge in [0.1, 0.15) is 0 Å². The summed E-state index contributed by atoms with van der Waals surface area (Å²) >= 11 is 0. The summed E-state index contributed by atoms with van der Waals surface area (Å²) in [5.74, 6) is 4.20. The van der Waals surface area contributed by atoms with E-state index in [4.69, 9.17) is 6.42 Å². The number of pyridine rings is 1. The summed E-state index contributed by atoms with van der Waals surface area (Å²) in [4.78, 5) is 6.90. The minimum atomic E-state index is 0.487. The van der Waals surface area contributed by atoms with Crippen molar-refractivity contribution in [2.24, 2.45) is 11.8 Å². The minimum Gasteiger partial charge on any atom is -0.310 e. The number of hydrogen-bond donors (Lipinski definition) is 1. The third-order valence-corrected chi connectivity index (χ3v) is 4.50. The van der Waals surface area contributed by atoms with Crippen LogP contribution < -0.4 is 5.32 Å². The SMILES string of the molecule is C#C[C@H]1CN2CC[C@H]1C[C@@H]2CNCc1ccccn1. The largest absolute Gasteiger partial charge is 0.310 e. The van der Waals surface area contributed by atoms with E-state index in [2.05, 4.69) is 27.2 Å². The van der Waals surface area contributed by atoms with Crippen LogP contribution in [0.5, 0.6) is 0 Å². The van der Waals surface area contributed by atoms with E-state index in [1.807, 2.05) is 18.3 Å². The molecule has 1 aromatic rings. The van der Waals surface area contributed by atoms with Gasteiger partial charge in [-0.25, -0.2) is 0 Å². The highest BCUT2D eigenvalue weighted by atomic mass is 15.2. The number of nitrogens with zero attached hydrogens (tertiary/aromatic N) is 2. The van der Waals surface area contributed by atoms with Gasteiger partial charge in [0.05, 0.1) is 5.69 Å². The fourth-order valence-electron chi connectivity index (χ4n) is 3.41. The van der Waals surface area contributed by atoms with Crippen LogP contribution in [-0.4, -0.2) is 35.6 Å². The molecular weight excluding hydrogens is 234 g/mol. The zero-order valence-electron chi connectivity index (χ0n) is 11.3. The first kappa shape index (κ1) is 12.7. The molecule has 3 nitrogen and oxygen atoms in total. The second kappa shape index (κ2) is 5.73. The summed E-state index contributed by atoms with van der Waals surface area (Å²) in [6.45, 7) is 4.22. The van der Waals surface area contributed by atoms with Crippen molar-refractivity contribution in [1.29, 1.82) is 0 Å². The van der Waals surface area contributed by atoms with Gasteiger partial charge in [0.2, 0.25) is 0 Å². The Labute approximate surface area is 115 Å². The summed E-state index contributed by atoms with van der Waals surface area (Å²) in [5, 5.41) is 3.53.